The molecule has 0 fully saturated rings. The molecule has 0 rings (SSSR count). The molecule has 0 heterocycles. The van der Waals surface area contributed by atoms with E-state index in [1.165, 1.54) is 19.3 Å². The SMILES string of the molecule is CCCCNCCC(C)CN. The quantitative estimate of drug-likeness (QED) is 0.549. The van der Waals surface area contributed by atoms with Gasteiger partial charge in [0.15, 0.2) is 0 Å². The van der Waals surface area contributed by atoms with Crippen molar-refractivity contribution < 1.29 is 0 Å². The summed E-state index contributed by atoms with van der Waals surface area (Å²) in [6, 6.07) is 0. The molecule has 0 spiro atoms. The van der Waals surface area contributed by atoms with Gasteiger partial charge >= 0.3 is 0 Å². The smallest absolute Gasteiger partial charge is 0.00459 e. The van der Waals surface area contributed by atoms with Crippen molar-refractivity contribution in [2.75, 3.05) is 19.6 Å². The molecule has 1 atom stereocenters. The Morgan fingerprint density at radius 3 is 2.64 bits per heavy atom. The maximum Gasteiger partial charge on any atom is -0.00459 e. The van der Waals surface area contributed by atoms with Crippen molar-refractivity contribution in [1.82, 2.24) is 5.32 Å². The molecule has 3 N–H and O–H groups in total. The summed E-state index contributed by atoms with van der Waals surface area (Å²) in [5.74, 6) is 0.670. The predicted molar refractivity (Wildman–Crippen MR) is 50.6 cm³/mol. The average molecular weight is 158 g/mol. The molecule has 2 heteroatoms. The minimum absolute atomic E-state index is 0.670. The van der Waals surface area contributed by atoms with E-state index in [1.54, 1.807) is 0 Å². The Hall–Kier alpha value is -0.0800. The number of unbranched alkanes of at least 4 members (excludes halogenated alkanes) is 1. The minimum atomic E-state index is 0.670. The van der Waals surface area contributed by atoms with Crippen LogP contribution in [-0.2, 0) is 0 Å². The fraction of sp³-hybridized carbons (Fsp3) is 1.00. The molecule has 1 unspecified atom stereocenters. The van der Waals surface area contributed by atoms with Crippen LogP contribution >= 0.6 is 0 Å². The van der Waals surface area contributed by atoms with Gasteiger partial charge in [-0.3, -0.25) is 0 Å². The molecule has 0 aromatic carbocycles. The molecular formula is C9H22N2. The van der Waals surface area contributed by atoms with Crippen LogP contribution in [0.4, 0.5) is 0 Å². The highest BCUT2D eigenvalue weighted by atomic mass is 14.8. The van der Waals surface area contributed by atoms with Gasteiger partial charge in [-0.15, -0.1) is 0 Å². The van der Waals surface area contributed by atoms with Crippen LogP contribution in [0.1, 0.15) is 33.1 Å². The largest absolute Gasteiger partial charge is 0.330 e. The number of nitrogens with one attached hydrogen (secondary N) is 1. The lowest BCUT2D eigenvalue weighted by Crippen LogP contribution is -2.21. The molecule has 0 aliphatic rings. The van der Waals surface area contributed by atoms with Crippen molar-refractivity contribution in [2.45, 2.75) is 33.1 Å². The summed E-state index contributed by atoms with van der Waals surface area (Å²) in [7, 11) is 0. The highest BCUT2D eigenvalue weighted by Crippen LogP contribution is 1.96. The van der Waals surface area contributed by atoms with Crippen molar-refractivity contribution in [3.8, 4) is 0 Å². The molecule has 0 saturated heterocycles. The molecule has 2 nitrogen and oxygen atoms in total. The minimum Gasteiger partial charge on any atom is -0.330 e. The summed E-state index contributed by atoms with van der Waals surface area (Å²) in [5.41, 5.74) is 5.49. The molecule has 0 aliphatic heterocycles. The van der Waals surface area contributed by atoms with E-state index in [0.29, 0.717) is 5.92 Å². The first-order valence-electron chi connectivity index (χ1n) is 4.72. The molecular weight excluding hydrogens is 136 g/mol. The fourth-order valence-electron chi connectivity index (χ4n) is 0.893. The van der Waals surface area contributed by atoms with Gasteiger partial charge in [0, 0.05) is 0 Å². The van der Waals surface area contributed by atoms with E-state index in [1.807, 2.05) is 0 Å². The summed E-state index contributed by atoms with van der Waals surface area (Å²) < 4.78 is 0. The van der Waals surface area contributed by atoms with E-state index in [2.05, 4.69) is 19.2 Å². The van der Waals surface area contributed by atoms with Crippen LogP contribution in [0.3, 0.4) is 0 Å². The summed E-state index contributed by atoms with van der Waals surface area (Å²) in [4.78, 5) is 0. The first-order chi connectivity index (χ1) is 5.31. The Morgan fingerprint density at radius 1 is 1.36 bits per heavy atom. The monoisotopic (exact) mass is 158 g/mol. The predicted octanol–water partition coefficient (Wildman–Crippen LogP) is 1.36. The third-order valence-electron chi connectivity index (χ3n) is 1.92. The lowest BCUT2D eigenvalue weighted by atomic mass is 10.1. The van der Waals surface area contributed by atoms with Crippen LogP contribution in [-0.4, -0.2) is 19.6 Å². The molecule has 0 radical (unpaired) electrons. The van der Waals surface area contributed by atoms with E-state index < -0.39 is 0 Å². The van der Waals surface area contributed by atoms with E-state index in [0.717, 1.165) is 19.6 Å². The number of hydrogen-bond donors (Lipinski definition) is 2. The van der Waals surface area contributed by atoms with Gasteiger partial charge in [0.25, 0.3) is 0 Å². The van der Waals surface area contributed by atoms with Crippen LogP contribution in [0.5, 0.6) is 0 Å². The molecule has 0 aliphatic carbocycles. The van der Waals surface area contributed by atoms with Gasteiger partial charge in [-0.05, 0) is 38.4 Å². The maximum atomic E-state index is 5.49. The van der Waals surface area contributed by atoms with Crippen LogP contribution in [0.2, 0.25) is 0 Å². The molecule has 0 aromatic heterocycles. The second-order valence-corrected chi connectivity index (χ2v) is 3.23. The van der Waals surface area contributed by atoms with Gasteiger partial charge in [-0.1, -0.05) is 20.3 Å². The zero-order valence-corrected chi connectivity index (χ0v) is 7.90. The Balaban J connectivity index is 2.89. The lowest BCUT2D eigenvalue weighted by molar-refractivity contribution is 0.505. The molecule has 68 valence electrons. The average Bonchev–Trinajstić information content (AvgIpc) is 2.04. The van der Waals surface area contributed by atoms with Gasteiger partial charge < -0.3 is 11.1 Å². The maximum absolute atomic E-state index is 5.49. The van der Waals surface area contributed by atoms with E-state index in [-0.39, 0.29) is 0 Å². The number of nitrogens with two attached hydrogens (primary N) is 1. The summed E-state index contributed by atoms with van der Waals surface area (Å²) in [6.45, 7) is 7.51. The van der Waals surface area contributed by atoms with Crippen molar-refractivity contribution in [3.05, 3.63) is 0 Å². The van der Waals surface area contributed by atoms with Gasteiger partial charge in [0.1, 0.15) is 0 Å². The molecule has 0 bridgehead atoms. The summed E-state index contributed by atoms with van der Waals surface area (Å²) >= 11 is 0. The normalized spacial score (nSPS) is 13.4. The lowest BCUT2D eigenvalue weighted by Gasteiger charge is -2.08. The van der Waals surface area contributed by atoms with Crippen LogP contribution in [0.25, 0.3) is 0 Å². The topological polar surface area (TPSA) is 38.0 Å². The van der Waals surface area contributed by atoms with Crippen molar-refractivity contribution >= 4 is 0 Å². The Bertz CT molecular complexity index is 74.0. The highest BCUT2D eigenvalue weighted by molar-refractivity contribution is 4.55. The third kappa shape index (κ3) is 7.82. The second-order valence-electron chi connectivity index (χ2n) is 3.23. The van der Waals surface area contributed by atoms with Gasteiger partial charge in [0.05, 0.1) is 0 Å². The van der Waals surface area contributed by atoms with E-state index in [9.17, 15) is 0 Å². The highest BCUT2D eigenvalue weighted by Gasteiger charge is 1.96. The van der Waals surface area contributed by atoms with Crippen molar-refractivity contribution in [1.29, 1.82) is 0 Å². The third-order valence-corrected chi connectivity index (χ3v) is 1.92. The second kappa shape index (κ2) is 8.02. The van der Waals surface area contributed by atoms with E-state index in [4.69, 9.17) is 5.73 Å². The zero-order valence-electron chi connectivity index (χ0n) is 7.90. The Labute approximate surface area is 70.5 Å². The Kier molecular flexibility index (Phi) is 7.96. The van der Waals surface area contributed by atoms with E-state index >= 15 is 0 Å². The number of rotatable bonds is 7. The van der Waals surface area contributed by atoms with Crippen molar-refractivity contribution in [3.63, 3.8) is 0 Å². The van der Waals surface area contributed by atoms with Gasteiger partial charge in [-0.2, -0.15) is 0 Å². The fourth-order valence-corrected chi connectivity index (χ4v) is 0.893. The zero-order chi connectivity index (χ0) is 8.53. The molecule has 0 saturated carbocycles. The first-order valence-corrected chi connectivity index (χ1v) is 4.72. The van der Waals surface area contributed by atoms with Crippen molar-refractivity contribution in [2.24, 2.45) is 11.7 Å². The molecule has 11 heavy (non-hydrogen) atoms. The van der Waals surface area contributed by atoms with Gasteiger partial charge in [-0.25, -0.2) is 0 Å². The Morgan fingerprint density at radius 2 is 2.09 bits per heavy atom. The van der Waals surface area contributed by atoms with Crippen LogP contribution in [0, 0.1) is 5.92 Å². The van der Waals surface area contributed by atoms with Crippen LogP contribution < -0.4 is 11.1 Å². The van der Waals surface area contributed by atoms with Crippen LogP contribution in [0.15, 0.2) is 0 Å². The van der Waals surface area contributed by atoms with Gasteiger partial charge in [0.2, 0.25) is 0 Å². The summed E-state index contributed by atoms with van der Waals surface area (Å²) in [6.07, 6.45) is 3.77. The molecule has 0 aromatic rings. The standard InChI is InChI=1S/C9H22N2/c1-3-4-6-11-7-5-9(2)8-10/h9,11H,3-8,10H2,1-2H3. The summed E-state index contributed by atoms with van der Waals surface area (Å²) in [5, 5.41) is 3.40. The number of hydrogen-bond acceptors (Lipinski definition) is 2. The molecule has 0 amide bonds. The first kappa shape index (κ1) is 10.9.